The van der Waals surface area contributed by atoms with Crippen molar-refractivity contribution in [3.05, 3.63) is 29.8 Å². The van der Waals surface area contributed by atoms with Gasteiger partial charge in [0.2, 0.25) is 11.8 Å². The summed E-state index contributed by atoms with van der Waals surface area (Å²) in [7, 11) is 0. The minimum Gasteiger partial charge on any atom is -0.366 e. The summed E-state index contributed by atoms with van der Waals surface area (Å²) in [6, 6.07) is 6.37. The molecule has 2 amide bonds. The molecule has 18 heavy (non-hydrogen) atoms. The summed E-state index contributed by atoms with van der Waals surface area (Å²) >= 11 is 0. The van der Waals surface area contributed by atoms with Gasteiger partial charge in [-0.3, -0.25) is 9.59 Å². The lowest BCUT2D eigenvalue weighted by Crippen LogP contribution is -2.48. The maximum atomic E-state index is 11.9. The van der Waals surface area contributed by atoms with E-state index < -0.39 is 11.4 Å². The molecule has 0 fully saturated rings. The molecule has 0 aliphatic rings. The van der Waals surface area contributed by atoms with E-state index in [1.807, 2.05) is 6.92 Å². The highest BCUT2D eigenvalue weighted by atomic mass is 16.2. The van der Waals surface area contributed by atoms with Crippen molar-refractivity contribution in [2.24, 2.45) is 11.5 Å². The van der Waals surface area contributed by atoms with Gasteiger partial charge in [-0.2, -0.15) is 0 Å². The number of rotatable bonds is 5. The van der Waals surface area contributed by atoms with Gasteiger partial charge < -0.3 is 16.8 Å². The average molecular weight is 249 g/mol. The molecule has 1 rings (SSSR count). The molecule has 5 N–H and O–H groups in total. The Bertz CT molecular complexity index is 438. The summed E-state index contributed by atoms with van der Waals surface area (Å²) in [5.74, 6) is -0.737. The van der Waals surface area contributed by atoms with Crippen molar-refractivity contribution in [1.29, 1.82) is 0 Å². The fourth-order valence-corrected chi connectivity index (χ4v) is 1.62. The third-order valence-corrected chi connectivity index (χ3v) is 2.72. The number of anilines is 1. The molecule has 0 saturated carbocycles. The van der Waals surface area contributed by atoms with Crippen LogP contribution in [0.4, 0.5) is 5.69 Å². The fraction of sp³-hybridized carbons (Fsp3) is 0.385. The van der Waals surface area contributed by atoms with Gasteiger partial charge in [0.05, 0.1) is 5.54 Å². The molecule has 0 bridgehead atoms. The lowest BCUT2D eigenvalue weighted by molar-refractivity contribution is -0.120. The van der Waals surface area contributed by atoms with Gasteiger partial charge in [0.15, 0.2) is 0 Å². The number of nitrogens with one attached hydrogen (secondary N) is 1. The Morgan fingerprint density at radius 2 is 1.83 bits per heavy atom. The fourth-order valence-electron chi connectivity index (χ4n) is 1.62. The predicted octanol–water partition coefficient (Wildman–Crippen LogP) is 1.24. The summed E-state index contributed by atoms with van der Waals surface area (Å²) in [5, 5.41) is 2.72. The molecule has 1 aromatic carbocycles. The second-order valence-corrected chi connectivity index (χ2v) is 4.56. The Labute approximate surface area is 107 Å². The Morgan fingerprint density at radius 1 is 1.28 bits per heavy atom. The highest BCUT2D eigenvalue weighted by molar-refractivity contribution is 5.98. The molecule has 5 heteroatoms. The van der Waals surface area contributed by atoms with Gasteiger partial charge in [0, 0.05) is 11.3 Å². The van der Waals surface area contributed by atoms with Gasteiger partial charge >= 0.3 is 0 Å². The largest absolute Gasteiger partial charge is 0.366 e. The van der Waals surface area contributed by atoms with E-state index in [0.717, 1.165) is 6.42 Å². The summed E-state index contributed by atoms with van der Waals surface area (Å²) < 4.78 is 0. The van der Waals surface area contributed by atoms with Crippen molar-refractivity contribution < 1.29 is 9.59 Å². The van der Waals surface area contributed by atoms with Gasteiger partial charge in [-0.1, -0.05) is 13.3 Å². The number of primary amides is 1. The van der Waals surface area contributed by atoms with Crippen molar-refractivity contribution in [2.75, 3.05) is 5.32 Å². The van der Waals surface area contributed by atoms with Crippen LogP contribution < -0.4 is 16.8 Å². The number of carbonyl (C=O) groups is 2. The zero-order valence-corrected chi connectivity index (χ0v) is 10.7. The molecule has 0 aliphatic carbocycles. The molecule has 98 valence electrons. The first-order valence-corrected chi connectivity index (χ1v) is 5.87. The Morgan fingerprint density at radius 3 is 2.28 bits per heavy atom. The van der Waals surface area contributed by atoms with Crippen LogP contribution in [0, 0.1) is 0 Å². The third-order valence-electron chi connectivity index (χ3n) is 2.72. The van der Waals surface area contributed by atoms with Crippen molar-refractivity contribution in [3.8, 4) is 0 Å². The third kappa shape index (κ3) is 3.56. The number of benzene rings is 1. The first-order chi connectivity index (χ1) is 8.36. The van der Waals surface area contributed by atoms with Crippen LogP contribution in [0.1, 0.15) is 37.0 Å². The van der Waals surface area contributed by atoms with E-state index in [4.69, 9.17) is 11.5 Å². The van der Waals surface area contributed by atoms with E-state index in [2.05, 4.69) is 5.32 Å². The maximum absolute atomic E-state index is 11.9. The molecule has 0 radical (unpaired) electrons. The van der Waals surface area contributed by atoms with Crippen LogP contribution >= 0.6 is 0 Å². The highest BCUT2D eigenvalue weighted by Gasteiger charge is 2.27. The lowest BCUT2D eigenvalue weighted by atomic mass is 9.96. The van der Waals surface area contributed by atoms with E-state index in [9.17, 15) is 9.59 Å². The molecule has 0 spiro atoms. The lowest BCUT2D eigenvalue weighted by Gasteiger charge is -2.22. The SMILES string of the molecule is CCCC(C)(N)C(=O)Nc1ccc(C(N)=O)cc1. The first-order valence-electron chi connectivity index (χ1n) is 5.87. The number of hydrogen-bond donors (Lipinski definition) is 3. The number of nitrogens with two attached hydrogens (primary N) is 2. The Hall–Kier alpha value is -1.88. The van der Waals surface area contributed by atoms with E-state index in [-0.39, 0.29) is 5.91 Å². The Kier molecular flexibility index (Phi) is 4.44. The van der Waals surface area contributed by atoms with Gasteiger partial charge in [-0.25, -0.2) is 0 Å². The summed E-state index contributed by atoms with van der Waals surface area (Å²) in [5.41, 5.74) is 11.1. The molecule has 1 unspecified atom stereocenters. The van der Waals surface area contributed by atoms with Gasteiger partial charge in [0.25, 0.3) is 0 Å². The first kappa shape index (κ1) is 14.2. The molecular formula is C13H19N3O2. The van der Waals surface area contributed by atoms with E-state index in [1.165, 1.54) is 0 Å². The molecule has 0 heterocycles. The number of amides is 2. The van der Waals surface area contributed by atoms with Crippen LogP contribution in [-0.4, -0.2) is 17.4 Å². The Balaban J connectivity index is 2.73. The topological polar surface area (TPSA) is 98.2 Å². The van der Waals surface area contributed by atoms with Crippen molar-refractivity contribution in [1.82, 2.24) is 0 Å². The molecule has 1 atom stereocenters. The van der Waals surface area contributed by atoms with Crippen LogP contribution in [0.25, 0.3) is 0 Å². The van der Waals surface area contributed by atoms with Gasteiger partial charge in [-0.15, -0.1) is 0 Å². The zero-order chi connectivity index (χ0) is 13.8. The average Bonchev–Trinajstić information content (AvgIpc) is 2.29. The molecule has 0 aromatic heterocycles. The predicted molar refractivity (Wildman–Crippen MR) is 71.1 cm³/mol. The van der Waals surface area contributed by atoms with E-state index in [0.29, 0.717) is 17.7 Å². The van der Waals surface area contributed by atoms with Gasteiger partial charge in [-0.05, 0) is 37.6 Å². The van der Waals surface area contributed by atoms with Crippen LogP contribution in [0.2, 0.25) is 0 Å². The summed E-state index contributed by atoms with van der Waals surface area (Å²) in [4.78, 5) is 22.8. The minimum atomic E-state index is -0.892. The number of hydrogen-bond acceptors (Lipinski definition) is 3. The van der Waals surface area contributed by atoms with E-state index >= 15 is 0 Å². The highest BCUT2D eigenvalue weighted by Crippen LogP contribution is 2.14. The summed E-state index contributed by atoms with van der Waals surface area (Å²) in [6.45, 7) is 3.67. The number of carbonyl (C=O) groups excluding carboxylic acids is 2. The molecular weight excluding hydrogens is 230 g/mol. The van der Waals surface area contributed by atoms with Crippen LogP contribution in [0.15, 0.2) is 24.3 Å². The maximum Gasteiger partial charge on any atom is 0.248 e. The van der Waals surface area contributed by atoms with Crippen LogP contribution in [0.3, 0.4) is 0 Å². The normalized spacial score (nSPS) is 13.7. The summed E-state index contributed by atoms with van der Waals surface area (Å²) in [6.07, 6.45) is 1.44. The van der Waals surface area contributed by atoms with Crippen molar-refractivity contribution >= 4 is 17.5 Å². The quantitative estimate of drug-likeness (QED) is 0.732. The standard InChI is InChI=1S/C13H19N3O2/c1-3-8-13(2,15)12(18)16-10-6-4-9(5-7-10)11(14)17/h4-7H,3,8,15H2,1-2H3,(H2,14,17)(H,16,18). The zero-order valence-electron chi connectivity index (χ0n) is 10.7. The minimum absolute atomic E-state index is 0.240. The second-order valence-electron chi connectivity index (χ2n) is 4.56. The molecule has 0 saturated heterocycles. The molecule has 0 aliphatic heterocycles. The van der Waals surface area contributed by atoms with E-state index in [1.54, 1.807) is 31.2 Å². The van der Waals surface area contributed by atoms with Gasteiger partial charge in [0.1, 0.15) is 0 Å². The molecule has 1 aromatic rings. The van der Waals surface area contributed by atoms with Crippen LogP contribution in [-0.2, 0) is 4.79 Å². The van der Waals surface area contributed by atoms with Crippen LogP contribution in [0.5, 0.6) is 0 Å². The monoisotopic (exact) mass is 249 g/mol. The second kappa shape index (κ2) is 5.64. The van der Waals surface area contributed by atoms with Crippen molar-refractivity contribution in [2.45, 2.75) is 32.2 Å². The van der Waals surface area contributed by atoms with Crippen molar-refractivity contribution in [3.63, 3.8) is 0 Å². The molecule has 5 nitrogen and oxygen atoms in total. The smallest absolute Gasteiger partial charge is 0.248 e.